The summed E-state index contributed by atoms with van der Waals surface area (Å²) in [6.45, 7) is 17.3. The van der Waals surface area contributed by atoms with Crippen LogP contribution in [0.2, 0.25) is 0 Å². The van der Waals surface area contributed by atoms with Gasteiger partial charge >= 0.3 is 24.1 Å². The molecule has 2 saturated carbocycles. The van der Waals surface area contributed by atoms with Crippen LogP contribution in [0.3, 0.4) is 0 Å². The number of carbonyl (C=O) groups is 10. The third-order valence-electron chi connectivity index (χ3n) is 28.1. The normalized spacial score (nSPS) is 37.8. The lowest BCUT2D eigenvalue weighted by atomic mass is 9.81. The minimum absolute atomic E-state index is 0.00138. The molecule has 1 aromatic carbocycles. The van der Waals surface area contributed by atoms with Gasteiger partial charge in [0.05, 0.1) is 74.3 Å². The fraction of sp³-hybridized carbons (Fsp3) is 0.750. The molecule has 3 unspecified atom stereocenters. The molecular weight excluding hydrogens is 1660 g/mol. The van der Waals surface area contributed by atoms with E-state index in [9.17, 15) is 78.6 Å². The van der Waals surface area contributed by atoms with Crippen LogP contribution in [0.4, 0.5) is 9.59 Å². The predicted molar refractivity (Wildman–Crippen MR) is 468 cm³/mol. The molecule has 32 nitrogen and oxygen atoms in total. The van der Waals surface area contributed by atoms with Gasteiger partial charge < -0.3 is 108 Å². The number of hydrogen-bond donors (Lipinski definition) is 8. The molecular formula is C96H146N4O28. The number of hydrogen-bond acceptors (Lipinski definition) is 28. The first-order valence-corrected chi connectivity index (χ1v) is 46.3. The number of nitrogens with one attached hydrogen (secondary N) is 2. The summed E-state index contributed by atoms with van der Waals surface area (Å²) in [7, 11) is 8.97. The second-order valence-corrected chi connectivity index (χ2v) is 37.9. The summed E-state index contributed by atoms with van der Waals surface area (Å²) >= 11 is 0. The predicted octanol–water partition coefficient (Wildman–Crippen LogP) is 9.07. The Hall–Kier alpha value is -7.28. The smallest absolute Gasteiger partial charge is 0.407 e. The first kappa shape index (κ1) is 104. The van der Waals surface area contributed by atoms with Crippen LogP contribution in [0.5, 0.6) is 0 Å². The molecule has 4 amide bonds. The molecule has 6 aliphatic heterocycles. The summed E-state index contributed by atoms with van der Waals surface area (Å²) in [5, 5.41) is 76.1. The molecule has 1 aromatic rings. The lowest BCUT2D eigenvalue weighted by Gasteiger charge is -2.47. The maximum atomic E-state index is 14.9. The summed E-state index contributed by atoms with van der Waals surface area (Å²) in [6, 6.07) is 4.49. The molecule has 718 valence electrons. The van der Waals surface area contributed by atoms with Gasteiger partial charge in [-0.15, -0.1) is 0 Å². The minimum atomic E-state index is -2.63. The lowest BCUT2D eigenvalue weighted by Crippen LogP contribution is -2.64. The molecule has 128 heavy (non-hydrogen) atoms. The highest BCUT2D eigenvalue weighted by Gasteiger charge is 2.59. The molecule has 9 rings (SSSR count). The Bertz CT molecular complexity index is 3790. The van der Waals surface area contributed by atoms with Crippen LogP contribution in [-0.4, -0.2) is 278 Å². The number of fused-ring (bicyclic) bond motifs is 6. The molecule has 0 aromatic heterocycles. The standard InChI is InChI=1S/C96H146N4O28/c1-53-37-55(3)41-79(119-13)85-81(121-15)45-59(7)95(115,127-85)87(107)89(109)99-33-19-17-21-69(99)91(111)125-83(57(5)43-65-27-29-71(101)77(47-65)117-11)61(9)73(103)49-75(105)67(39-53)31-35-123-93(113)97-51-63-23-25-64(26-24-63)52-98-94(114)124-36-32-68-40-54(2)38-56(4)42-80(120-14)86-82(122-16)46-60(8)96(116,128-86)88(108)90(110)100-34-20-18-22-70(100)92(112)126-84(62(10)74(104)50-76(68)106)58(6)44-66-28-30-72(102)78(48-66)118-12/h23-26,39-40,43-44,55-56,59-62,65-74,77-86,101-104,115-116H,17-22,27-38,41-42,45-52H2,1-16H3,(H,97,113)(H,98,114)/b53-39+,54-40+,57-43+,58-44+/t55-,56-,59+,60+,61+,62+,65-,66-,67+,68?,69?,70?,71+,72+,73-,74-,77+,78+,79-,80-,81-,82-,83+,84+,85+,86+,95+,96+/m0/s1. The lowest BCUT2D eigenvalue weighted by molar-refractivity contribution is -0.302. The van der Waals surface area contributed by atoms with Gasteiger partial charge in [0.25, 0.3) is 23.4 Å². The van der Waals surface area contributed by atoms with E-state index in [-0.39, 0.29) is 113 Å². The molecule has 6 fully saturated rings. The summed E-state index contributed by atoms with van der Waals surface area (Å²) in [6.07, 6.45) is -0.410. The van der Waals surface area contributed by atoms with Gasteiger partial charge in [-0.05, 0) is 202 Å². The Morgan fingerprint density at radius 3 is 1.15 bits per heavy atom. The zero-order valence-electron chi connectivity index (χ0n) is 78.0. The Morgan fingerprint density at radius 1 is 0.461 bits per heavy atom. The molecule has 8 aliphatic rings. The summed E-state index contributed by atoms with van der Waals surface area (Å²) in [4.78, 5) is 147. The number of alkyl carbamates (subject to hydrolysis) is 2. The summed E-state index contributed by atoms with van der Waals surface area (Å²) in [5.74, 6) is -18.5. The van der Waals surface area contributed by atoms with Gasteiger partial charge in [0, 0.05) is 117 Å². The maximum absolute atomic E-state index is 14.9. The van der Waals surface area contributed by atoms with Gasteiger partial charge in [-0.1, -0.05) is 101 Å². The molecule has 32 heteroatoms. The van der Waals surface area contributed by atoms with E-state index in [4.69, 9.17) is 56.8 Å². The second-order valence-electron chi connectivity index (χ2n) is 37.9. The molecule has 6 heterocycles. The van der Waals surface area contributed by atoms with Gasteiger partial charge in [-0.2, -0.15) is 0 Å². The van der Waals surface area contributed by atoms with Crippen LogP contribution >= 0.6 is 0 Å². The van der Waals surface area contributed by atoms with Crippen LogP contribution in [0.15, 0.2) is 70.9 Å². The number of amides is 4. The van der Waals surface area contributed by atoms with Gasteiger partial charge in [-0.25, -0.2) is 19.2 Å². The number of methoxy groups -OCH3 is 6. The number of esters is 2. The van der Waals surface area contributed by atoms with E-state index in [0.717, 1.165) is 20.9 Å². The third-order valence-corrected chi connectivity index (χ3v) is 28.1. The number of cyclic esters (lactones) is 2. The van der Waals surface area contributed by atoms with E-state index in [1.165, 1.54) is 42.7 Å². The van der Waals surface area contributed by atoms with Crippen molar-refractivity contribution in [3.05, 3.63) is 82.0 Å². The zero-order valence-corrected chi connectivity index (χ0v) is 78.0. The number of ether oxygens (including phenoxy) is 12. The Balaban J connectivity index is 0.860. The number of ketones is 4. The van der Waals surface area contributed by atoms with E-state index >= 15 is 0 Å². The number of aliphatic hydroxyl groups is 6. The summed E-state index contributed by atoms with van der Waals surface area (Å²) in [5.41, 5.74) is 4.00. The van der Waals surface area contributed by atoms with E-state index in [2.05, 4.69) is 10.6 Å². The molecule has 0 radical (unpaired) electrons. The van der Waals surface area contributed by atoms with Gasteiger partial charge in [0.1, 0.15) is 48.1 Å². The van der Waals surface area contributed by atoms with Crippen molar-refractivity contribution in [3.8, 4) is 0 Å². The van der Waals surface area contributed by atoms with Gasteiger partial charge in [0.2, 0.25) is 11.6 Å². The van der Waals surface area contributed by atoms with E-state index < -0.39 is 205 Å². The van der Waals surface area contributed by atoms with Crippen molar-refractivity contribution < 1.29 is 135 Å². The second kappa shape index (κ2) is 48.4. The molecule has 8 N–H and O–H groups in total. The first-order valence-electron chi connectivity index (χ1n) is 46.3. The molecule has 4 saturated heterocycles. The quantitative estimate of drug-likeness (QED) is 0.0261. The third kappa shape index (κ3) is 27.0. The van der Waals surface area contributed by atoms with E-state index in [1.807, 2.05) is 39.8 Å². The average molecular weight is 1800 g/mol. The highest BCUT2D eigenvalue weighted by atomic mass is 16.7. The van der Waals surface area contributed by atoms with Crippen molar-refractivity contribution >= 4 is 59.1 Å². The topological polar surface area (TPSA) is 433 Å². The van der Waals surface area contributed by atoms with Crippen molar-refractivity contribution in [3.63, 3.8) is 0 Å². The van der Waals surface area contributed by atoms with Gasteiger partial charge in [0.15, 0.2) is 0 Å². The van der Waals surface area contributed by atoms with Crippen molar-refractivity contribution in [2.75, 3.05) is 69.0 Å². The number of piperidine rings is 2. The van der Waals surface area contributed by atoms with Crippen molar-refractivity contribution in [1.82, 2.24) is 20.4 Å². The molecule has 28 atom stereocenters. The highest BCUT2D eigenvalue weighted by Crippen LogP contribution is 2.43. The number of rotatable bonds is 20. The number of benzene rings is 1. The number of aliphatic hydroxyl groups excluding tert-OH is 4. The highest BCUT2D eigenvalue weighted by molar-refractivity contribution is 6.39. The Morgan fingerprint density at radius 2 is 0.805 bits per heavy atom. The summed E-state index contributed by atoms with van der Waals surface area (Å²) < 4.78 is 72.0. The van der Waals surface area contributed by atoms with Crippen molar-refractivity contribution in [1.29, 1.82) is 0 Å². The number of allylic oxidation sites excluding steroid dienone is 6. The Labute approximate surface area is 754 Å². The minimum Gasteiger partial charge on any atom is -0.456 e. The zero-order chi connectivity index (χ0) is 93.8. The van der Waals surface area contributed by atoms with Crippen LogP contribution in [0, 0.1) is 59.2 Å². The van der Waals surface area contributed by atoms with Crippen molar-refractivity contribution in [2.24, 2.45) is 59.2 Å². The number of carbonyl (C=O) groups excluding carboxylic acids is 10. The van der Waals surface area contributed by atoms with E-state index in [0.29, 0.717) is 112 Å². The monoisotopic (exact) mass is 1800 g/mol. The number of Topliss-reactive ketones (excluding diaryl/α,β-unsaturated/α-hetero) is 4. The molecule has 4 bridgehead atoms. The largest absolute Gasteiger partial charge is 0.456 e. The van der Waals surface area contributed by atoms with Crippen LogP contribution < -0.4 is 10.6 Å². The maximum Gasteiger partial charge on any atom is 0.407 e. The Kier molecular flexibility index (Phi) is 39.5. The van der Waals surface area contributed by atoms with Gasteiger partial charge in [-0.3, -0.25) is 28.8 Å². The number of nitrogens with zero attached hydrogens (tertiary/aromatic N) is 2. The first-order chi connectivity index (χ1) is 60.8. The molecule has 0 spiro atoms. The van der Waals surface area contributed by atoms with Crippen molar-refractivity contribution in [2.45, 2.75) is 333 Å². The van der Waals surface area contributed by atoms with Crippen LogP contribution in [0.25, 0.3) is 0 Å². The average Bonchev–Trinajstić information content (AvgIpc) is 0.776. The SMILES string of the molecule is CO[C@H]1C[C@@H](C)C/C(C)=C/C(CCOC(=O)NCc2ccc(CNC(=O)OCC[C@@H]3/C=C(\C)C[C@H](C)C[C@H](OC)[C@H]4O[C@@](O)(C(=O)C(=O)N5CCCCC5C(=O)O[C@H](/C(C)=C/[C@@H]5CC[C@@H](O)[C@H](OC)C5)[C@H](C)[C@@H](O)CC3=O)[C@H](C)C[C@@H]4OC)cc2)C(=O)C[C@H](O)[C@@H](C)[C@@H](/C(C)=C/[C@@H]2CC[C@@H](O)[C@H](OC)C2)OC(=O)C2CCCCN2C(=O)C(=O)[C@]2(O)O[C@H]1[C@@H](OC)C[C@H]2C. The van der Waals surface area contributed by atoms with Crippen LogP contribution in [-0.2, 0) is 108 Å². The fourth-order valence-electron chi connectivity index (χ4n) is 20.4. The van der Waals surface area contributed by atoms with E-state index in [1.54, 1.807) is 78.0 Å². The molecule has 2 aliphatic carbocycles. The fourth-order valence-corrected chi connectivity index (χ4v) is 20.4. The van der Waals surface area contributed by atoms with Crippen LogP contribution in [0.1, 0.15) is 222 Å².